The molecule has 1 fully saturated rings. The van der Waals surface area contributed by atoms with E-state index in [0.29, 0.717) is 5.95 Å². The Morgan fingerprint density at radius 2 is 2.11 bits per heavy atom. The minimum Gasteiger partial charge on any atom is -0.467 e. The summed E-state index contributed by atoms with van der Waals surface area (Å²) in [6.07, 6.45) is 1.69. The number of hydrogen-bond donors (Lipinski definition) is 0. The van der Waals surface area contributed by atoms with Gasteiger partial charge in [0.1, 0.15) is 11.6 Å². The topological polar surface area (TPSA) is 68.2 Å². The maximum Gasteiger partial charge on any atom is 0.328 e. The van der Waals surface area contributed by atoms with Crippen molar-refractivity contribution in [3.8, 4) is 0 Å². The fourth-order valence-electron chi connectivity index (χ4n) is 2.38. The number of nitrogens with zero attached hydrogens (tertiary/aromatic N) is 4. The molecule has 0 radical (unpaired) electrons. The maximum atomic E-state index is 11.7. The Morgan fingerprint density at radius 3 is 2.89 bits per heavy atom. The van der Waals surface area contributed by atoms with Crippen molar-refractivity contribution in [1.82, 2.24) is 15.2 Å². The third-order valence-corrected chi connectivity index (χ3v) is 3.33. The van der Waals surface area contributed by atoms with Gasteiger partial charge in [0.2, 0.25) is 5.95 Å². The van der Waals surface area contributed by atoms with E-state index in [1.165, 1.54) is 7.11 Å². The van der Waals surface area contributed by atoms with E-state index >= 15 is 0 Å². The number of benzene rings is 1. The Hall–Kier alpha value is -2.24. The molecule has 0 aliphatic carbocycles. The number of para-hydroxylation sites is 1. The van der Waals surface area contributed by atoms with Crippen molar-refractivity contribution >= 4 is 23.0 Å². The van der Waals surface area contributed by atoms with Crippen LogP contribution in [0.25, 0.3) is 11.0 Å². The highest BCUT2D eigenvalue weighted by molar-refractivity contribution is 5.80. The summed E-state index contributed by atoms with van der Waals surface area (Å²) in [5, 5.41) is 8.25. The van der Waals surface area contributed by atoms with E-state index in [2.05, 4.69) is 15.2 Å². The lowest BCUT2D eigenvalue weighted by atomic mass is 10.2. The number of hydrogen-bond acceptors (Lipinski definition) is 6. The zero-order chi connectivity index (χ0) is 13.2. The standard InChI is InChI=1S/C13H14N4O2/c1-19-12(18)11-7-4-8-17(11)13-14-9-5-2-3-6-10(9)15-16-13/h2-3,5-6,11H,4,7-8H2,1H3. The molecule has 0 spiro atoms. The first-order valence-electron chi connectivity index (χ1n) is 6.23. The molecule has 0 bridgehead atoms. The van der Waals surface area contributed by atoms with E-state index in [1.807, 2.05) is 29.2 Å². The van der Waals surface area contributed by atoms with Crippen molar-refractivity contribution in [2.45, 2.75) is 18.9 Å². The largest absolute Gasteiger partial charge is 0.467 e. The number of esters is 1. The molecule has 1 unspecified atom stereocenters. The molecule has 19 heavy (non-hydrogen) atoms. The van der Waals surface area contributed by atoms with Gasteiger partial charge in [0.15, 0.2) is 0 Å². The Morgan fingerprint density at radius 1 is 1.32 bits per heavy atom. The minimum atomic E-state index is -0.298. The zero-order valence-corrected chi connectivity index (χ0v) is 10.6. The van der Waals surface area contributed by atoms with E-state index in [0.717, 1.165) is 30.4 Å². The van der Waals surface area contributed by atoms with Gasteiger partial charge in [-0.2, -0.15) is 0 Å². The van der Waals surface area contributed by atoms with Crippen molar-refractivity contribution in [3.63, 3.8) is 0 Å². The lowest BCUT2D eigenvalue weighted by molar-refractivity contribution is -0.141. The summed E-state index contributed by atoms with van der Waals surface area (Å²) in [7, 11) is 1.40. The third-order valence-electron chi connectivity index (χ3n) is 3.33. The van der Waals surface area contributed by atoms with Gasteiger partial charge in [-0.05, 0) is 25.0 Å². The molecule has 2 heterocycles. The van der Waals surface area contributed by atoms with Crippen LogP contribution in [-0.2, 0) is 9.53 Å². The van der Waals surface area contributed by atoms with E-state index in [9.17, 15) is 4.79 Å². The maximum absolute atomic E-state index is 11.7. The van der Waals surface area contributed by atoms with Gasteiger partial charge in [-0.25, -0.2) is 9.78 Å². The number of anilines is 1. The molecule has 1 aromatic carbocycles. The van der Waals surface area contributed by atoms with Crippen LogP contribution in [0.3, 0.4) is 0 Å². The second kappa shape index (κ2) is 4.79. The number of ether oxygens (including phenoxy) is 1. The molecule has 1 aromatic heterocycles. The van der Waals surface area contributed by atoms with Crippen LogP contribution in [0.15, 0.2) is 24.3 Å². The van der Waals surface area contributed by atoms with Crippen LogP contribution in [0, 0.1) is 0 Å². The summed E-state index contributed by atoms with van der Waals surface area (Å²) in [5.74, 6) is 0.251. The highest BCUT2D eigenvalue weighted by Gasteiger charge is 2.33. The van der Waals surface area contributed by atoms with E-state index in [4.69, 9.17) is 4.74 Å². The first kappa shape index (κ1) is 11.8. The number of carbonyl (C=O) groups is 1. The van der Waals surface area contributed by atoms with Crippen LogP contribution in [0.4, 0.5) is 5.95 Å². The molecule has 2 aromatic rings. The molecule has 1 atom stereocenters. The number of rotatable bonds is 2. The molecule has 0 saturated carbocycles. The Bertz CT molecular complexity index is 616. The fraction of sp³-hybridized carbons (Fsp3) is 0.385. The molecule has 6 heteroatoms. The summed E-state index contributed by atoms with van der Waals surface area (Å²) >= 11 is 0. The predicted molar refractivity (Wildman–Crippen MR) is 69.7 cm³/mol. The Kier molecular flexibility index (Phi) is 2.98. The molecule has 0 N–H and O–H groups in total. The van der Waals surface area contributed by atoms with Crippen LogP contribution in [0.5, 0.6) is 0 Å². The molecule has 3 rings (SSSR count). The van der Waals surface area contributed by atoms with E-state index in [-0.39, 0.29) is 12.0 Å². The molecular formula is C13H14N4O2. The number of methoxy groups -OCH3 is 1. The summed E-state index contributed by atoms with van der Waals surface area (Å²) in [6.45, 7) is 0.750. The average molecular weight is 258 g/mol. The van der Waals surface area contributed by atoms with Gasteiger partial charge in [0.05, 0.1) is 12.6 Å². The smallest absolute Gasteiger partial charge is 0.328 e. The summed E-state index contributed by atoms with van der Waals surface area (Å²) in [6, 6.07) is 7.25. The minimum absolute atomic E-state index is 0.241. The van der Waals surface area contributed by atoms with Gasteiger partial charge in [-0.3, -0.25) is 0 Å². The monoisotopic (exact) mass is 258 g/mol. The predicted octanol–water partition coefficient (Wildman–Crippen LogP) is 1.17. The van der Waals surface area contributed by atoms with Gasteiger partial charge in [-0.15, -0.1) is 10.2 Å². The summed E-state index contributed by atoms with van der Waals surface area (Å²) < 4.78 is 4.82. The zero-order valence-electron chi connectivity index (χ0n) is 10.6. The van der Waals surface area contributed by atoms with Crippen LogP contribution in [0.2, 0.25) is 0 Å². The highest BCUT2D eigenvalue weighted by atomic mass is 16.5. The number of fused-ring (bicyclic) bond motifs is 1. The molecule has 98 valence electrons. The van der Waals surface area contributed by atoms with Crippen molar-refractivity contribution in [2.24, 2.45) is 0 Å². The molecule has 6 nitrogen and oxygen atoms in total. The van der Waals surface area contributed by atoms with Crippen LogP contribution in [0.1, 0.15) is 12.8 Å². The Labute approximate surface area is 110 Å². The summed E-state index contributed by atoms with van der Waals surface area (Å²) in [5.41, 5.74) is 1.53. The van der Waals surface area contributed by atoms with Crippen LogP contribution >= 0.6 is 0 Å². The van der Waals surface area contributed by atoms with Gasteiger partial charge in [0.25, 0.3) is 0 Å². The number of aromatic nitrogens is 3. The van der Waals surface area contributed by atoms with Gasteiger partial charge < -0.3 is 9.64 Å². The SMILES string of the molecule is COC(=O)C1CCCN1c1nnc2ccccc2n1. The summed E-state index contributed by atoms with van der Waals surface area (Å²) in [4.78, 5) is 18.1. The second-order valence-corrected chi connectivity index (χ2v) is 4.48. The quantitative estimate of drug-likeness (QED) is 0.753. The average Bonchev–Trinajstić information content (AvgIpc) is 2.95. The first-order chi connectivity index (χ1) is 9.29. The van der Waals surface area contributed by atoms with Crippen LogP contribution < -0.4 is 4.90 Å². The second-order valence-electron chi connectivity index (χ2n) is 4.48. The van der Waals surface area contributed by atoms with Crippen molar-refractivity contribution in [1.29, 1.82) is 0 Å². The van der Waals surface area contributed by atoms with E-state index < -0.39 is 0 Å². The van der Waals surface area contributed by atoms with Crippen molar-refractivity contribution in [2.75, 3.05) is 18.6 Å². The molecule has 1 aliphatic rings. The fourth-order valence-corrected chi connectivity index (χ4v) is 2.38. The molecule has 1 saturated heterocycles. The van der Waals surface area contributed by atoms with Gasteiger partial charge in [0, 0.05) is 6.54 Å². The van der Waals surface area contributed by atoms with Crippen molar-refractivity contribution < 1.29 is 9.53 Å². The lowest BCUT2D eigenvalue weighted by Gasteiger charge is -2.21. The molecule has 1 aliphatic heterocycles. The molecular weight excluding hydrogens is 244 g/mol. The third kappa shape index (κ3) is 2.09. The van der Waals surface area contributed by atoms with Gasteiger partial charge in [-0.1, -0.05) is 12.1 Å². The highest BCUT2D eigenvalue weighted by Crippen LogP contribution is 2.23. The molecule has 0 amide bonds. The normalized spacial score (nSPS) is 18.8. The van der Waals surface area contributed by atoms with Crippen LogP contribution in [-0.4, -0.2) is 40.8 Å². The Balaban J connectivity index is 1.96. The lowest BCUT2D eigenvalue weighted by Crippen LogP contribution is -2.38. The number of carbonyl (C=O) groups excluding carboxylic acids is 1. The van der Waals surface area contributed by atoms with E-state index in [1.54, 1.807) is 0 Å². The first-order valence-corrected chi connectivity index (χ1v) is 6.23. The van der Waals surface area contributed by atoms with Crippen molar-refractivity contribution in [3.05, 3.63) is 24.3 Å². The van der Waals surface area contributed by atoms with Gasteiger partial charge >= 0.3 is 5.97 Å².